The lowest BCUT2D eigenvalue weighted by atomic mass is 10.2. The van der Waals surface area contributed by atoms with Crippen LogP contribution in [0.4, 0.5) is 0 Å². The first kappa shape index (κ1) is 16.0. The Morgan fingerprint density at radius 3 is 2.67 bits per heavy atom. The zero-order valence-electron chi connectivity index (χ0n) is 12.9. The van der Waals surface area contributed by atoms with E-state index in [0.29, 0.717) is 11.3 Å². The van der Waals surface area contributed by atoms with E-state index in [0.717, 1.165) is 31.9 Å². The number of guanidine groups is 1. The van der Waals surface area contributed by atoms with Crippen LogP contribution in [0.1, 0.15) is 26.7 Å². The second kappa shape index (κ2) is 8.78. The fourth-order valence-corrected chi connectivity index (χ4v) is 3.16. The molecule has 0 spiro atoms. The minimum absolute atomic E-state index is 0.463. The summed E-state index contributed by atoms with van der Waals surface area (Å²) in [5.41, 5.74) is 0. The largest absolute Gasteiger partial charge is 0.357 e. The topological polar surface area (TPSA) is 36.4 Å². The highest BCUT2D eigenvalue weighted by atomic mass is 32.2. The molecule has 1 aromatic carbocycles. The molecule has 21 heavy (non-hydrogen) atoms. The first-order valence-corrected chi connectivity index (χ1v) is 8.57. The van der Waals surface area contributed by atoms with Gasteiger partial charge in [0, 0.05) is 22.7 Å². The summed E-state index contributed by atoms with van der Waals surface area (Å²) in [6.07, 6.45) is 6.65. The van der Waals surface area contributed by atoms with E-state index in [4.69, 9.17) is 4.99 Å². The second-order valence-corrected chi connectivity index (χ2v) is 6.76. The summed E-state index contributed by atoms with van der Waals surface area (Å²) < 4.78 is 0. The van der Waals surface area contributed by atoms with Crippen LogP contribution in [-0.4, -0.2) is 30.3 Å². The van der Waals surface area contributed by atoms with Crippen LogP contribution in [0.2, 0.25) is 0 Å². The summed E-state index contributed by atoms with van der Waals surface area (Å²) in [5.74, 6) is 0.937. The molecule has 2 N–H and O–H groups in total. The standard InChI is InChI=1S/C17H25N3S/c1-3-18-17(20-15-9-7-8-10-15)19-13-14(2)21-16-11-5-4-6-12-16/h4-8,11-12,14-15H,3,9-10,13H2,1-2H3,(H2,18,19,20). The van der Waals surface area contributed by atoms with Crippen LogP contribution < -0.4 is 10.6 Å². The summed E-state index contributed by atoms with van der Waals surface area (Å²) in [6, 6.07) is 11.0. The van der Waals surface area contributed by atoms with E-state index >= 15 is 0 Å². The number of nitrogens with one attached hydrogen (secondary N) is 2. The maximum Gasteiger partial charge on any atom is 0.191 e. The lowest BCUT2D eigenvalue weighted by Gasteiger charge is -2.17. The molecule has 0 saturated heterocycles. The van der Waals surface area contributed by atoms with Gasteiger partial charge in [-0.2, -0.15) is 0 Å². The first-order chi connectivity index (χ1) is 10.3. The van der Waals surface area contributed by atoms with Gasteiger partial charge in [-0.1, -0.05) is 37.3 Å². The van der Waals surface area contributed by atoms with Crippen LogP contribution in [0.15, 0.2) is 52.4 Å². The molecule has 0 aromatic heterocycles. The molecule has 2 rings (SSSR count). The smallest absolute Gasteiger partial charge is 0.191 e. The van der Waals surface area contributed by atoms with E-state index in [1.54, 1.807) is 0 Å². The van der Waals surface area contributed by atoms with E-state index in [1.165, 1.54) is 4.90 Å². The number of nitrogens with zero attached hydrogens (tertiary/aromatic N) is 1. The number of benzene rings is 1. The highest BCUT2D eigenvalue weighted by molar-refractivity contribution is 8.00. The van der Waals surface area contributed by atoms with Crippen molar-refractivity contribution in [3.63, 3.8) is 0 Å². The van der Waals surface area contributed by atoms with Gasteiger partial charge in [0.1, 0.15) is 0 Å². The molecule has 0 radical (unpaired) electrons. The van der Waals surface area contributed by atoms with Gasteiger partial charge in [0.2, 0.25) is 0 Å². The van der Waals surface area contributed by atoms with Crippen molar-refractivity contribution in [2.24, 2.45) is 4.99 Å². The maximum absolute atomic E-state index is 4.72. The molecular weight excluding hydrogens is 278 g/mol. The number of hydrogen-bond acceptors (Lipinski definition) is 2. The zero-order valence-corrected chi connectivity index (χ0v) is 13.7. The number of hydrogen-bond donors (Lipinski definition) is 2. The molecule has 1 unspecified atom stereocenters. The van der Waals surface area contributed by atoms with Gasteiger partial charge in [-0.15, -0.1) is 11.8 Å². The average molecular weight is 303 g/mol. The quantitative estimate of drug-likeness (QED) is 0.366. The highest BCUT2D eigenvalue weighted by Gasteiger charge is 2.12. The Bertz CT molecular complexity index is 462. The molecule has 0 saturated carbocycles. The van der Waals surface area contributed by atoms with Crippen molar-refractivity contribution in [3.05, 3.63) is 42.5 Å². The van der Waals surface area contributed by atoms with Crippen molar-refractivity contribution < 1.29 is 0 Å². The predicted molar refractivity (Wildman–Crippen MR) is 93.0 cm³/mol. The Hall–Kier alpha value is -1.42. The van der Waals surface area contributed by atoms with Crippen LogP contribution in [0.3, 0.4) is 0 Å². The molecule has 1 aliphatic rings. The summed E-state index contributed by atoms with van der Waals surface area (Å²) in [4.78, 5) is 6.02. The number of rotatable bonds is 6. The van der Waals surface area contributed by atoms with E-state index < -0.39 is 0 Å². The number of thioether (sulfide) groups is 1. The molecule has 3 nitrogen and oxygen atoms in total. The van der Waals surface area contributed by atoms with E-state index in [9.17, 15) is 0 Å². The second-order valence-electron chi connectivity index (χ2n) is 5.25. The highest BCUT2D eigenvalue weighted by Crippen LogP contribution is 2.22. The Morgan fingerprint density at radius 2 is 2.00 bits per heavy atom. The van der Waals surface area contributed by atoms with E-state index in [-0.39, 0.29) is 0 Å². The minimum Gasteiger partial charge on any atom is -0.357 e. The van der Waals surface area contributed by atoms with Gasteiger partial charge in [0.05, 0.1) is 6.54 Å². The Labute approximate surface area is 132 Å². The molecule has 1 atom stereocenters. The van der Waals surface area contributed by atoms with Crippen molar-refractivity contribution in [2.45, 2.75) is 42.9 Å². The molecule has 0 aliphatic heterocycles. The number of aliphatic imine (C=N–C) groups is 1. The van der Waals surface area contributed by atoms with Crippen LogP contribution >= 0.6 is 11.8 Å². The maximum atomic E-state index is 4.72. The molecule has 1 aromatic rings. The van der Waals surface area contributed by atoms with Crippen LogP contribution in [0.25, 0.3) is 0 Å². The molecule has 0 bridgehead atoms. The lowest BCUT2D eigenvalue weighted by molar-refractivity contribution is 0.633. The zero-order chi connectivity index (χ0) is 14.9. The van der Waals surface area contributed by atoms with Crippen LogP contribution in [-0.2, 0) is 0 Å². The molecular formula is C17H25N3S. The van der Waals surface area contributed by atoms with Crippen molar-refractivity contribution in [1.29, 1.82) is 0 Å². The van der Waals surface area contributed by atoms with Gasteiger partial charge in [0.25, 0.3) is 0 Å². The van der Waals surface area contributed by atoms with Gasteiger partial charge in [-0.3, -0.25) is 4.99 Å². The van der Waals surface area contributed by atoms with Crippen molar-refractivity contribution in [2.75, 3.05) is 13.1 Å². The molecule has 0 fully saturated rings. The van der Waals surface area contributed by atoms with Gasteiger partial charge in [0.15, 0.2) is 5.96 Å². The molecule has 1 aliphatic carbocycles. The predicted octanol–water partition coefficient (Wildman–Crippen LogP) is 3.44. The molecule has 0 amide bonds. The Kier molecular flexibility index (Phi) is 6.67. The SMILES string of the molecule is CCNC(=NCC(C)Sc1ccccc1)NC1CC=CC1. The Morgan fingerprint density at radius 1 is 1.29 bits per heavy atom. The minimum atomic E-state index is 0.463. The van der Waals surface area contributed by atoms with Gasteiger partial charge >= 0.3 is 0 Å². The summed E-state index contributed by atoms with van der Waals surface area (Å²) in [6.45, 7) is 6.04. The van der Waals surface area contributed by atoms with E-state index in [2.05, 4.69) is 67.0 Å². The van der Waals surface area contributed by atoms with Gasteiger partial charge in [-0.05, 0) is 31.9 Å². The van der Waals surface area contributed by atoms with Crippen molar-refractivity contribution >= 4 is 17.7 Å². The first-order valence-electron chi connectivity index (χ1n) is 7.69. The van der Waals surface area contributed by atoms with Crippen LogP contribution in [0, 0.1) is 0 Å². The summed E-state index contributed by atoms with van der Waals surface area (Å²) in [7, 11) is 0. The normalized spacial score (nSPS) is 17.0. The molecule has 114 valence electrons. The van der Waals surface area contributed by atoms with Crippen molar-refractivity contribution in [3.8, 4) is 0 Å². The van der Waals surface area contributed by atoms with Gasteiger partial charge < -0.3 is 10.6 Å². The van der Waals surface area contributed by atoms with Crippen molar-refractivity contribution in [1.82, 2.24) is 10.6 Å². The summed E-state index contributed by atoms with van der Waals surface area (Å²) in [5, 5.41) is 7.30. The monoisotopic (exact) mass is 303 g/mol. The average Bonchev–Trinajstić information content (AvgIpc) is 2.99. The Balaban J connectivity index is 1.82. The van der Waals surface area contributed by atoms with Gasteiger partial charge in [-0.25, -0.2) is 0 Å². The third-order valence-electron chi connectivity index (χ3n) is 3.28. The molecule has 0 heterocycles. The third kappa shape index (κ3) is 5.84. The summed E-state index contributed by atoms with van der Waals surface area (Å²) >= 11 is 1.87. The fourth-order valence-electron chi connectivity index (χ4n) is 2.24. The fraction of sp³-hybridized carbons (Fsp3) is 0.471. The van der Waals surface area contributed by atoms with Crippen LogP contribution in [0.5, 0.6) is 0 Å². The third-order valence-corrected chi connectivity index (χ3v) is 4.38. The molecule has 4 heteroatoms. The lowest BCUT2D eigenvalue weighted by Crippen LogP contribution is -2.42. The van der Waals surface area contributed by atoms with E-state index in [1.807, 2.05) is 11.8 Å².